The molecule has 144 valence electrons. The fourth-order valence-corrected chi connectivity index (χ4v) is 5.09. The molecule has 6 rings (SSSR count). The van der Waals surface area contributed by atoms with Crippen LogP contribution in [0.15, 0.2) is 30.5 Å². The van der Waals surface area contributed by atoms with E-state index in [0.29, 0.717) is 36.7 Å². The number of benzene rings is 1. The average molecular weight is 382 g/mol. The molecule has 0 bridgehead atoms. The molecule has 1 aromatic carbocycles. The van der Waals surface area contributed by atoms with Gasteiger partial charge in [0.15, 0.2) is 11.5 Å². The van der Waals surface area contributed by atoms with E-state index < -0.39 is 11.6 Å². The van der Waals surface area contributed by atoms with Gasteiger partial charge in [0.2, 0.25) is 0 Å². The van der Waals surface area contributed by atoms with Gasteiger partial charge in [0, 0.05) is 43.2 Å². The number of fused-ring (bicyclic) bond motifs is 4. The van der Waals surface area contributed by atoms with Gasteiger partial charge in [-0.3, -0.25) is 4.79 Å². The average Bonchev–Trinajstić information content (AvgIpc) is 3.04. The van der Waals surface area contributed by atoms with Crippen LogP contribution in [0.1, 0.15) is 40.5 Å². The summed E-state index contributed by atoms with van der Waals surface area (Å²) >= 11 is 0. The standard InChI is InChI=1S/C21H20F2N4O/c22-13-3-4-18(17(23)10-13)27-20-15-8-12(15)9-16(20)19(24-27)21(28)26-7-6-25-5-1-2-14(25)11-26/h1,3-5,10,12,14-15H,2,6-9,11H2/t12-,14-,15-/m1/s1. The summed E-state index contributed by atoms with van der Waals surface area (Å²) in [4.78, 5) is 17.5. The van der Waals surface area contributed by atoms with Gasteiger partial charge in [-0.05, 0) is 43.5 Å². The third-order valence-electron chi connectivity index (χ3n) is 6.62. The molecule has 2 aliphatic carbocycles. The predicted octanol–water partition coefficient (Wildman–Crippen LogP) is 2.85. The second-order valence-corrected chi connectivity index (χ2v) is 8.29. The number of rotatable bonds is 2. The topological polar surface area (TPSA) is 41.4 Å². The van der Waals surface area contributed by atoms with Gasteiger partial charge < -0.3 is 9.80 Å². The van der Waals surface area contributed by atoms with E-state index in [1.54, 1.807) is 4.68 Å². The third kappa shape index (κ3) is 2.28. The van der Waals surface area contributed by atoms with Crippen molar-refractivity contribution in [1.29, 1.82) is 0 Å². The number of piperazine rings is 1. The molecule has 1 saturated carbocycles. The fraction of sp³-hybridized carbons (Fsp3) is 0.429. The largest absolute Gasteiger partial charge is 0.371 e. The van der Waals surface area contributed by atoms with E-state index in [0.717, 1.165) is 43.1 Å². The molecule has 3 atom stereocenters. The van der Waals surface area contributed by atoms with Crippen LogP contribution in [0.5, 0.6) is 0 Å². The van der Waals surface area contributed by atoms with Crippen LogP contribution in [0.2, 0.25) is 0 Å². The normalized spacial score (nSPS) is 27.0. The molecule has 0 spiro atoms. The Labute approximate surface area is 161 Å². The maximum atomic E-state index is 14.4. The highest BCUT2D eigenvalue weighted by Crippen LogP contribution is 2.57. The molecule has 2 fully saturated rings. The van der Waals surface area contributed by atoms with Crippen LogP contribution in [0.25, 0.3) is 5.69 Å². The zero-order valence-corrected chi connectivity index (χ0v) is 15.3. The van der Waals surface area contributed by atoms with Crippen LogP contribution in [-0.4, -0.2) is 51.2 Å². The lowest BCUT2D eigenvalue weighted by atomic mass is 10.1. The molecule has 5 nitrogen and oxygen atoms in total. The zero-order valence-electron chi connectivity index (χ0n) is 15.3. The number of nitrogens with zero attached hydrogens (tertiary/aromatic N) is 4. The summed E-state index contributed by atoms with van der Waals surface area (Å²) in [5.74, 6) is -0.465. The molecule has 2 aliphatic heterocycles. The van der Waals surface area contributed by atoms with E-state index in [1.807, 2.05) is 4.90 Å². The summed E-state index contributed by atoms with van der Waals surface area (Å²) in [6.45, 7) is 2.18. The molecule has 3 heterocycles. The van der Waals surface area contributed by atoms with Crippen molar-refractivity contribution in [3.8, 4) is 5.69 Å². The first kappa shape index (κ1) is 16.3. The Bertz CT molecular complexity index is 1030. The van der Waals surface area contributed by atoms with Gasteiger partial charge in [0.05, 0.1) is 5.69 Å². The highest BCUT2D eigenvalue weighted by atomic mass is 19.1. The van der Waals surface area contributed by atoms with Gasteiger partial charge in [-0.25, -0.2) is 13.5 Å². The van der Waals surface area contributed by atoms with Crippen molar-refractivity contribution in [3.05, 3.63) is 59.1 Å². The molecule has 1 aromatic heterocycles. The smallest absolute Gasteiger partial charge is 0.274 e. The van der Waals surface area contributed by atoms with Crippen molar-refractivity contribution >= 4 is 5.91 Å². The molecule has 1 amide bonds. The SMILES string of the molecule is O=C(c1nn(-c2ccc(F)cc2F)c2c1C[C@H]1C[C@@H]21)N1CCN2C=CC[C@@H]2C1. The number of hydrogen-bond acceptors (Lipinski definition) is 3. The summed E-state index contributed by atoms with van der Waals surface area (Å²) in [5, 5.41) is 4.56. The second kappa shape index (κ2) is 5.65. The summed E-state index contributed by atoms with van der Waals surface area (Å²) in [6.07, 6.45) is 7.11. The Balaban J connectivity index is 1.38. The number of halogens is 2. The Morgan fingerprint density at radius 2 is 2.11 bits per heavy atom. The molecular formula is C21H20F2N4O. The molecule has 0 unspecified atom stereocenters. The maximum absolute atomic E-state index is 14.4. The van der Waals surface area contributed by atoms with Gasteiger partial charge in [0.1, 0.15) is 11.5 Å². The highest BCUT2D eigenvalue weighted by molar-refractivity contribution is 5.94. The van der Waals surface area contributed by atoms with E-state index >= 15 is 0 Å². The van der Waals surface area contributed by atoms with E-state index in [4.69, 9.17) is 0 Å². The Hall–Kier alpha value is -2.70. The van der Waals surface area contributed by atoms with Gasteiger partial charge in [-0.1, -0.05) is 6.08 Å². The van der Waals surface area contributed by atoms with E-state index in [-0.39, 0.29) is 11.6 Å². The molecule has 7 heteroatoms. The van der Waals surface area contributed by atoms with Gasteiger partial charge in [0.25, 0.3) is 5.91 Å². The quantitative estimate of drug-likeness (QED) is 0.802. The maximum Gasteiger partial charge on any atom is 0.274 e. The van der Waals surface area contributed by atoms with E-state index in [2.05, 4.69) is 22.3 Å². The lowest BCUT2D eigenvalue weighted by Gasteiger charge is -2.38. The molecule has 0 N–H and O–H groups in total. The lowest BCUT2D eigenvalue weighted by Crippen LogP contribution is -2.51. The minimum atomic E-state index is -0.654. The molecular weight excluding hydrogens is 362 g/mol. The first-order valence-corrected chi connectivity index (χ1v) is 9.89. The minimum absolute atomic E-state index is 0.0645. The van der Waals surface area contributed by atoms with Crippen LogP contribution in [-0.2, 0) is 6.42 Å². The first-order valence-electron chi connectivity index (χ1n) is 9.89. The number of amides is 1. The fourth-order valence-electron chi connectivity index (χ4n) is 5.09. The van der Waals surface area contributed by atoms with Crippen LogP contribution in [0, 0.1) is 17.6 Å². The molecule has 0 radical (unpaired) electrons. The first-order chi connectivity index (χ1) is 13.6. The monoisotopic (exact) mass is 382 g/mol. The van der Waals surface area contributed by atoms with E-state index in [9.17, 15) is 13.6 Å². The van der Waals surface area contributed by atoms with Crippen molar-refractivity contribution < 1.29 is 13.6 Å². The minimum Gasteiger partial charge on any atom is -0.371 e. The lowest BCUT2D eigenvalue weighted by molar-refractivity contribution is 0.0600. The third-order valence-corrected chi connectivity index (χ3v) is 6.62. The molecule has 2 aromatic rings. The predicted molar refractivity (Wildman–Crippen MR) is 98.2 cm³/mol. The van der Waals surface area contributed by atoms with Crippen molar-refractivity contribution in [3.63, 3.8) is 0 Å². The molecule has 1 saturated heterocycles. The zero-order chi connectivity index (χ0) is 19.0. The Morgan fingerprint density at radius 3 is 2.96 bits per heavy atom. The highest BCUT2D eigenvalue weighted by Gasteiger charge is 2.50. The van der Waals surface area contributed by atoms with E-state index in [1.165, 1.54) is 12.1 Å². The van der Waals surface area contributed by atoms with Crippen LogP contribution < -0.4 is 0 Å². The van der Waals surface area contributed by atoms with Gasteiger partial charge >= 0.3 is 0 Å². The summed E-state index contributed by atoms with van der Waals surface area (Å²) in [6, 6.07) is 3.86. The summed E-state index contributed by atoms with van der Waals surface area (Å²) in [5.41, 5.74) is 2.57. The van der Waals surface area contributed by atoms with Gasteiger partial charge in [-0.2, -0.15) is 5.10 Å². The van der Waals surface area contributed by atoms with Gasteiger partial charge in [-0.15, -0.1) is 0 Å². The summed E-state index contributed by atoms with van der Waals surface area (Å²) in [7, 11) is 0. The number of hydrogen-bond donors (Lipinski definition) is 0. The molecule has 28 heavy (non-hydrogen) atoms. The Morgan fingerprint density at radius 1 is 1.21 bits per heavy atom. The van der Waals surface area contributed by atoms with Crippen molar-refractivity contribution in [2.75, 3.05) is 19.6 Å². The van der Waals surface area contributed by atoms with Crippen LogP contribution >= 0.6 is 0 Å². The van der Waals surface area contributed by atoms with Crippen molar-refractivity contribution in [2.24, 2.45) is 5.92 Å². The van der Waals surface area contributed by atoms with Crippen LogP contribution in [0.3, 0.4) is 0 Å². The number of aromatic nitrogens is 2. The second-order valence-electron chi connectivity index (χ2n) is 8.29. The van der Waals surface area contributed by atoms with Crippen molar-refractivity contribution in [1.82, 2.24) is 19.6 Å². The Kier molecular flexibility index (Phi) is 3.29. The summed E-state index contributed by atoms with van der Waals surface area (Å²) < 4.78 is 29.4. The number of carbonyl (C=O) groups is 1. The van der Waals surface area contributed by atoms with Crippen molar-refractivity contribution in [2.45, 2.75) is 31.2 Å². The number of carbonyl (C=O) groups excluding carboxylic acids is 1. The molecule has 4 aliphatic rings. The van der Waals surface area contributed by atoms with Crippen LogP contribution in [0.4, 0.5) is 8.78 Å².